The summed E-state index contributed by atoms with van der Waals surface area (Å²) in [5, 5.41) is 13.1. The third kappa shape index (κ3) is 5.53. The van der Waals surface area contributed by atoms with Gasteiger partial charge < -0.3 is 10.4 Å². The fraction of sp³-hybridized carbons (Fsp3) is 1.00. The zero-order chi connectivity index (χ0) is 11.3. The monoisotopic (exact) mass is 213 g/mol. The molecule has 0 radical (unpaired) electrons. The zero-order valence-corrected chi connectivity index (χ0v) is 10.5. The minimum Gasteiger partial charge on any atom is -0.393 e. The second-order valence-electron chi connectivity index (χ2n) is 5.54. The van der Waals surface area contributed by atoms with E-state index in [9.17, 15) is 5.11 Å². The summed E-state index contributed by atoms with van der Waals surface area (Å²) in [5.41, 5.74) is 0. The normalized spacial score (nSPS) is 29.4. The van der Waals surface area contributed by atoms with E-state index in [1.807, 2.05) is 0 Å². The number of hydrogen-bond donors (Lipinski definition) is 2. The molecule has 0 aromatic rings. The fourth-order valence-electron chi connectivity index (χ4n) is 2.31. The first-order chi connectivity index (χ1) is 7.08. The molecule has 1 saturated carbocycles. The van der Waals surface area contributed by atoms with E-state index in [-0.39, 0.29) is 6.10 Å². The lowest BCUT2D eigenvalue weighted by Crippen LogP contribution is -2.40. The first-order valence-electron chi connectivity index (χ1n) is 6.52. The second-order valence-corrected chi connectivity index (χ2v) is 5.54. The van der Waals surface area contributed by atoms with Gasteiger partial charge in [0, 0.05) is 12.1 Å². The number of nitrogens with one attached hydrogen (secondary N) is 1. The fourth-order valence-corrected chi connectivity index (χ4v) is 2.31. The van der Waals surface area contributed by atoms with Crippen LogP contribution in [0, 0.1) is 5.92 Å². The molecule has 2 heteroatoms. The van der Waals surface area contributed by atoms with Crippen LogP contribution in [-0.4, -0.2) is 23.3 Å². The van der Waals surface area contributed by atoms with Crippen molar-refractivity contribution in [3.63, 3.8) is 0 Å². The van der Waals surface area contributed by atoms with Crippen LogP contribution in [0.15, 0.2) is 0 Å². The van der Waals surface area contributed by atoms with E-state index in [4.69, 9.17) is 0 Å². The standard InChI is InChI=1S/C13H27NO/c1-10(2)4-5-11(3)14-12-6-8-13(15)9-7-12/h10-15H,4-9H2,1-3H3/t11-,12?,13?/m0/s1. The molecule has 15 heavy (non-hydrogen) atoms. The van der Waals surface area contributed by atoms with Crippen molar-refractivity contribution >= 4 is 0 Å². The van der Waals surface area contributed by atoms with Gasteiger partial charge in [-0.05, 0) is 51.4 Å². The predicted molar refractivity (Wildman–Crippen MR) is 64.9 cm³/mol. The lowest BCUT2D eigenvalue weighted by molar-refractivity contribution is 0.114. The van der Waals surface area contributed by atoms with Crippen LogP contribution >= 0.6 is 0 Å². The van der Waals surface area contributed by atoms with Gasteiger partial charge >= 0.3 is 0 Å². The molecule has 0 spiro atoms. The number of aliphatic hydroxyl groups excluding tert-OH is 1. The van der Waals surface area contributed by atoms with Crippen LogP contribution in [0.5, 0.6) is 0 Å². The molecule has 0 amide bonds. The summed E-state index contributed by atoms with van der Waals surface area (Å²) < 4.78 is 0. The van der Waals surface area contributed by atoms with Crippen molar-refractivity contribution in [2.45, 2.75) is 77.5 Å². The van der Waals surface area contributed by atoms with E-state index in [1.165, 1.54) is 12.8 Å². The SMILES string of the molecule is CC(C)CC[C@H](C)NC1CCC(O)CC1. The van der Waals surface area contributed by atoms with Gasteiger partial charge in [-0.25, -0.2) is 0 Å². The molecule has 1 rings (SSSR count). The van der Waals surface area contributed by atoms with Gasteiger partial charge in [-0.3, -0.25) is 0 Å². The van der Waals surface area contributed by atoms with Crippen molar-refractivity contribution in [2.75, 3.05) is 0 Å². The Bertz CT molecular complexity index is 162. The maximum atomic E-state index is 9.41. The van der Waals surface area contributed by atoms with Crippen molar-refractivity contribution < 1.29 is 5.11 Å². The summed E-state index contributed by atoms with van der Waals surface area (Å²) in [6.07, 6.45) is 6.80. The van der Waals surface area contributed by atoms with Gasteiger partial charge in [0.1, 0.15) is 0 Å². The Hall–Kier alpha value is -0.0800. The molecule has 0 aromatic heterocycles. The summed E-state index contributed by atoms with van der Waals surface area (Å²) in [5.74, 6) is 0.808. The summed E-state index contributed by atoms with van der Waals surface area (Å²) in [7, 11) is 0. The first-order valence-corrected chi connectivity index (χ1v) is 6.52. The van der Waals surface area contributed by atoms with E-state index in [0.717, 1.165) is 31.6 Å². The molecule has 1 atom stereocenters. The van der Waals surface area contributed by atoms with E-state index >= 15 is 0 Å². The molecule has 0 aliphatic heterocycles. The van der Waals surface area contributed by atoms with Crippen molar-refractivity contribution in [1.29, 1.82) is 0 Å². The number of aliphatic hydroxyl groups is 1. The minimum atomic E-state index is -0.0333. The molecule has 0 saturated heterocycles. The Labute approximate surface area is 94.5 Å². The highest BCUT2D eigenvalue weighted by Gasteiger charge is 2.20. The van der Waals surface area contributed by atoms with Gasteiger partial charge in [-0.2, -0.15) is 0 Å². The highest BCUT2D eigenvalue weighted by molar-refractivity contribution is 4.78. The summed E-state index contributed by atoms with van der Waals surface area (Å²) >= 11 is 0. The molecule has 0 heterocycles. The molecule has 90 valence electrons. The van der Waals surface area contributed by atoms with Crippen molar-refractivity contribution in [3.8, 4) is 0 Å². The van der Waals surface area contributed by atoms with E-state index < -0.39 is 0 Å². The molecule has 0 aromatic carbocycles. The highest BCUT2D eigenvalue weighted by Crippen LogP contribution is 2.19. The van der Waals surface area contributed by atoms with Gasteiger partial charge in [0.05, 0.1) is 6.10 Å². The highest BCUT2D eigenvalue weighted by atomic mass is 16.3. The lowest BCUT2D eigenvalue weighted by Gasteiger charge is -2.29. The third-order valence-electron chi connectivity index (χ3n) is 3.39. The minimum absolute atomic E-state index is 0.0333. The van der Waals surface area contributed by atoms with Crippen LogP contribution in [0.3, 0.4) is 0 Å². The molecule has 2 N–H and O–H groups in total. The molecule has 1 aliphatic carbocycles. The quantitative estimate of drug-likeness (QED) is 0.736. The summed E-state index contributed by atoms with van der Waals surface area (Å²) in [6, 6.07) is 1.28. The Balaban J connectivity index is 2.12. The average molecular weight is 213 g/mol. The summed E-state index contributed by atoms with van der Waals surface area (Å²) in [6.45, 7) is 6.85. The zero-order valence-electron chi connectivity index (χ0n) is 10.5. The molecule has 0 bridgehead atoms. The van der Waals surface area contributed by atoms with Crippen molar-refractivity contribution in [2.24, 2.45) is 5.92 Å². The maximum absolute atomic E-state index is 9.41. The first kappa shape index (κ1) is 13.0. The molecule has 1 aliphatic rings. The Morgan fingerprint density at radius 2 is 1.67 bits per heavy atom. The largest absolute Gasteiger partial charge is 0.393 e. The Morgan fingerprint density at radius 3 is 2.20 bits per heavy atom. The Kier molecular flexibility index (Phi) is 5.62. The Morgan fingerprint density at radius 1 is 1.07 bits per heavy atom. The summed E-state index contributed by atoms with van der Waals surface area (Å²) in [4.78, 5) is 0. The second kappa shape index (κ2) is 6.49. The van der Waals surface area contributed by atoms with Crippen LogP contribution in [-0.2, 0) is 0 Å². The smallest absolute Gasteiger partial charge is 0.0541 e. The number of hydrogen-bond acceptors (Lipinski definition) is 2. The van der Waals surface area contributed by atoms with E-state index in [0.29, 0.717) is 12.1 Å². The van der Waals surface area contributed by atoms with E-state index in [1.54, 1.807) is 0 Å². The van der Waals surface area contributed by atoms with Crippen molar-refractivity contribution in [3.05, 3.63) is 0 Å². The van der Waals surface area contributed by atoms with E-state index in [2.05, 4.69) is 26.1 Å². The van der Waals surface area contributed by atoms with Gasteiger partial charge in [0.25, 0.3) is 0 Å². The molecular formula is C13H27NO. The van der Waals surface area contributed by atoms with Gasteiger partial charge in [-0.15, -0.1) is 0 Å². The van der Waals surface area contributed by atoms with Crippen LogP contribution in [0.4, 0.5) is 0 Å². The van der Waals surface area contributed by atoms with Crippen molar-refractivity contribution in [1.82, 2.24) is 5.32 Å². The maximum Gasteiger partial charge on any atom is 0.0541 e. The molecule has 0 unspecified atom stereocenters. The van der Waals surface area contributed by atoms with Crippen LogP contribution in [0.25, 0.3) is 0 Å². The van der Waals surface area contributed by atoms with Gasteiger partial charge in [0.2, 0.25) is 0 Å². The van der Waals surface area contributed by atoms with Crippen LogP contribution in [0.2, 0.25) is 0 Å². The average Bonchev–Trinajstić information content (AvgIpc) is 2.19. The van der Waals surface area contributed by atoms with Gasteiger partial charge in [0.15, 0.2) is 0 Å². The number of rotatable bonds is 5. The third-order valence-corrected chi connectivity index (χ3v) is 3.39. The van der Waals surface area contributed by atoms with Gasteiger partial charge in [-0.1, -0.05) is 13.8 Å². The predicted octanol–water partition coefficient (Wildman–Crippen LogP) is 2.70. The molecule has 1 fully saturated rings. The lowest BCUT2D eigenvalue weighted by atomic mass is 9.92. The topological polar surface area (TPSA) is 32.3 Å². The molecular weight excluding hydrogens is 186 g/mol. The van der Waals surface area contributed by atoms with Crippen LogP contribution in [0.1, 0.15) is 59.3 Å². The molecule has 2 nitrogen and oxygen atoms in total. The van der Waals surface area contributed by atoms with Crippen LogP contribution < -0.4 is 5.32 Å².